The number of allylic oxidation sites excluding steroid dienone is 2. The number of carbonyl (C=O) groups excluding carboxylic acids is 1. The molecule has 3 N–H and O–H groups in total. The highest BCUT2D eigenvalue weighted by Gasteiger charge is 2.24. The lowest BCUT2D eigenvalue weighted by Gasteiger charge is -2.12. The number of rotatable bonds is 4. The summed E-state index contributed by atoms with van der Waals surface area (Å²) in [5.41, 5.74) is 7.94. The van der Waals surface area contributed by atoms with Crippen LogP contribution < -0.4 is 5.73 Å². The molecule has 0 bridgehead atoms. The molecule has 0 aromatic carbocycles. The third kappa shape index (κ3) is 2.82. The predicted octanol–water partition coefficient (Wildman–Crippen LogP) is 2.58. The molecule has 0 fully saturated rings. The summed E-state index contributed by atoms with van der Waals surface area (Å²) in [5, 5.41) is 9.32. The Morgan fingerprint density at radius 2 is 1.70 bits per heavy atom. The molecule has 1 rings (SSSR count). The van der Waals surface area contributed by atoms with E-state index in [2.05, 4.69) is 0 Å². The Hall–Kier alpha value is -2.30. The quantitative estimate of drug-likeness (QED) is 0.653. The fourth-order valence-corrected chi connectivity index (χ4v) is 2.32. The van der Waals surface area contributed by atoms with E-state index in [1.807, 2.05) is 6.92 Å². The molecule has 1 amide bonds. The first-order valence-electron chi connectivity index (χ1n) is 6.15. The van der Waals surface area contributed by atoms with Gasteiger partial charge in [0.05, 0.1) is 17.4 Å². The molecular formula is C15H19NO4. The van der Waals surface area contributed by atoms with Crippen molar-refractivity contribution < 1.29 is 19.1 Å². The molecule has 5 nitrogen and oxygen atoms in total. The number of primary amides is 1. The minimum absolute atomic E-state index is 0.0186. The number of carbonyl (C=O) groups is 2. The van der Waals surface area contributed by atoms with Crippen LogP contribution in [0.3, 0.4) is 0 Å². The van der Waals surface area contributed by atoms with Crippen molar-refractivity contribution in [3.05, 3.63) is 39.9 Å². The van der Waals surface area contributed by atoms with E-state index in [0.717, 1.165) is 11.1 Å². The highest BCUT2D eigenvalue weighted by molar-refractivity contribution is 6.13. The minimum Gasteiger partial charge on any atom is -0.478 e. The topological polar surface area (TPSA) is 93.5 Å². The van der Waals surface area contributed by atoms with Crippen molar-refractivity contribution in [3.63, 3.8) is 0 Å². The fourth-order valence-electron chi connectivity index (χ4n) is 2.32. The molecule has 0 aliphatic carbocycles. The second-order valence-corrected chi connectivity index (χ2v) is 4.89. The highest BCUT2D eigenvalue weighted by Crippen LogP contribution is 2.30. The molecule has 0 radical (unpaired) electrons. The first kappa shape index (κ1) is 15.8. The lowest BCUT2D eigenvalue weighted by molar-refractivity contribution is -0.133. The van der Waals surface area contributed by atoms with Crippen molar-refractivity contribution in [2.75, 3.05) is 0 Å². The van der Waals surface area contributed by atoms with Crippen LogP contribution in [0.15, 0.2) is 27.4 Å². The maximum Gasteiger partial charge on any atom is 0.336 e. The van der Waals surface area contributed by atoms with Crippen molar-refractivity contribution in [1.29, 1.82) is 0 Å². The zero-order chi connectivity index (χ0) is 15.6. The zero-order valence-electron chi connectivity index (χ0n) is 12.3. The first-order valence-corrected chi connectivity index (χ1v) is 6.15. The van der Waals surface area contributed by atoms with Crippen molar-refractivity contribution >= 4 is 17.4 Å². The van der Waals surface area contributed by atoms with Gasteiger partial charge in [-0.25, -0.2) is 4.79 Å². The van der Waals surface area contributed by atoms with Crippen LogP contribution in [0.1, 0.15) is 37.7 Å². The number of aliphatic carboxylic acids is 1. The van der Waals surface area contributed by atoms with Crippen molar-refractivity contribution in [1.82, 2.24) is 0 Å². The Bertz CT molecular complexity index is 609. The Morgan fingerprint density at radius 1 is 1.15 bits per heavy atom. The largest absolute Gasteiger partial charge is 0.478 e. The number of carboxylic acids is 1. The van der Waals surface area contributed by atoms with E-state index in [1.54, 1.807) is 34.0 Å². The summed E-state index contributed by atoms with van der Waals surface area (Å²) in [7, 11) is 0. The standard InChI is InChI=1S/C15H19NO4/c1-7(2)11(15(18)19)13(14(16)17)9(4)12-8(3)6-20-10(12)5/h6H,1-5H3,(H2,16,17)(H,18,19). The van der Waals surface area contributed by atoms with Gasteiger partial charge in [0.2, 0.25) is 5.91 Å². The smallest absolute Gasteiger partial charge is 0.336 e. The molecule has 108 valence electrons. The number of amides is 1. The van der Waals surface area contributed by atoms with E-state index in [1.165, 1.54) is 0 Å². The van der Waals surface area contributed by atoms with Crippen molar-refractivity contribution in [2.45, 2.75) is 34.6 Å². The summed E-state index contributed by atoms with van der Waals surface area (Å²) in [5.74, 6) is -1.31. The van der Waals surface area contributed by atoms with Gasteiger partial charge >= 0.3 is 5.97 Å². The summed E-state index contributed by atoms with van der Waals surface area (Å²) in [4.78, 5) is 23.2. The molecule has 0 spiro atoms. The van der Waals surface area contributed by atoms with Gasteiger partial charge in [0.15, 0.2) is 0 Å². The van der Waals surface area contributed by atoms with Gasteiger partial charge < -0.3 is 15.3 Å². The molecule has 20 heavy (non-hydrogen) atoms. The maximum atomic E-state index is 11.7. The van der Waals surface area contributed by atoms with E-state index < -0.39 is 11.9 Å². The number of aryl methyl sites for hydroxylation is 2. The number of hydrogen-bond acceptors (Lipinski definition) is 3. The van der Waals surface area contributed by atoms with Gasteiger partial charge in [-0.2, -0.15) is 0 Å². The number of furan rings is 1. The highest BCUT2D eigenvalue weighted by atomic mass is 16.4. The van der Waals surface area contributed by atoms with Crippen LogP contribution in [-0.4, -0.2) is 17.0 Å². The lowest BCUT2D eigenvalue weighted by Crippen LogP contribution is -2.21. The summed E-state index contributed by atoms with van der Waals surface area (Å²) >= 11 is 0. The van der Waals surface area contributed by atoms with Gasteiger partial charge in [0.1, 0.15) is 5.76 Å². The van der Waals surface area contributed by atoms with Crippen molar-refractivity contribution in [2.24, 2.45) is 5.73 Å². The Balaban J connectivity index is 3.72. The second-order valence-electron chi connectivity index (χ2n) is 4.89. The van der Waals surface area contributed by atoms with Crippen LogP contribution in [0, 0.1) is 13.8 Å². The van der Waals surface area contributed by atoms with Gasteiger partial charge in [0.25, 0.3) is 0 Å². The average Bonchev–Trinajstić information content (AvgIpc) is 2.63. The van der Waals surface area contributed by atoms with Gasteiger partial charge in [-0.05, 0) is 45.8 Å². The van der Waals surface area contributed by atoms with Gasteiger partial charge in [-0.3, -0.25) is 4.79 Å². The maximum absolute atomic E-state index is 11.7. The molecule has 0 saturated carbocycles. The van der Waals surface area contributed by atoms with Gasteiger partial charge in [-0.15, -0.1) is 0 Å². The molecule has 1 heterocycles. The minimum atomic E-state index is -1.17. The fraction of sp³-hybridized carbons (Fsp3) is 0.333. The van der Waals surface area contributed by atoms with Crippen LogP contribution in [0.5, 0.6) is 0 Å². The van der Waals surface area contributed by atoms with E-state index in [-0.39, 0.29) is 11.1 Å². The third-order valence-corrected chi connectivity index (χ3v) is 3.12. The molecule has 5 heteroatoms. The zero-order valence-corrected chi connectivity index (χ0v) is 12.3. The molecule has 1 aromatic rings. The normalized spacial score (nSPS) is 11.8. The summed E-state index contributed by atoms with van der Waals surface area (Å²) in [6.07, 6.45) is 1.57. The van der Waals surface area contributed by atoms with Crippen LogP contribution >= 0.6 is 0 Å². The first-order chi connectivity index (χ1) is 9.18. The molecule has 0 atom stereocenters. The molecular weight excluding hydrogens is 258 g/mol. The predicted molar refractivity (Wildman–Crippen MR) is 76.0 cm³/mol. The molecule has 0 aliphatic rings. The molecule has 1 aromatic heterocycles. The lowest BCUT2D eigenvalue weighted by atomic mass is 9.91. The van der Waals surface area contributed by atoms with Gasteiger partial charge in [0, 0.05) is 5.56 Å². The third-order valence-electron chi connectivity index (χ3n) is 3.12. The Morgan fingerprint density at radius 3 is 2.00 bits per heavy atom. The molecule has 0 aliphatic heterocycles. The van der Waals surface area contributed by atoms with E-state index in [0.29, 0.717) is 16.9 Å². The Kier molecular flexibility index (Phi) is 4.55. The van der Waals surface area contributed by atoms with Crippen LogP contribution in [-0.2, 0) is 9.59 Å². The number of hydrogen-bond donors (Lipinski definition) is 2. The Labute approximate surface area is 117 Å². The van der Waals surface area contributed by atoms with E-state index >= 15 is 0 Å². The summed E-state index contributed by atoms with van der Waals surface area (Å²) in [6, 6.07) is 0. The SMILES string of the molecule is CC(C)=C(C(=O)O)C(C(N)=O)=C(C)c1c(C)coc1C. The van der Waals surface area contributed by atoms with Crippen LogP contribution in [0.2, 0.25) is 0 Å². The van der Waals surface area contributed by atoms with Crippen LogP contribution in [0.25, 0.3) is 5.57 Å². The van der Waals surface area contributed by atoms with Crippen LogP contribution in [0.4, 0.5) is 0 Å². The number of carboxylic acid groups (broad SMARTS) is 1. The van der Waals surface area contributed by atoms with E-state index in [9.17, 15) is 14.7 Å². The summed E-state index contributed by atoms with van der Waals surface area (Å²) < 4.78 is 5.30. The monoisotopic (exact) mass is 277 g/mol. The average molecular weight is 277 g/mol. The van der Waals surface area contributed by atoms with Crippen molar-refractivity contribution in [3.8, 4) is 0 Å². The molecule has 0 unspecified atom stereocenters. The second kappa shape index (κ2) is 5.77. The van der Waals surface area contributed by atoms with Gasteiger partial charge in [-0.1, -0.05) is 5.57 Å². The number of nitrogens with two attached hydrogens (primary N) is 1. The summed E-state index contributed by atoms with van der Waals surface area (Å²) in [6.45, 7) is 8.53. The molecule has 0 saturated heterocycles. The van der Waals surface area contributed by atoms with E-state index in [4.69, 9.17) is 10.2 Å².